The molecule has 1 saturated heterocycles. The number of benzene rings is 1. The Balaban J connectivity index is 2.23. The number of hydrogen-bond donors (Lipinski definition) is 0. The van der Waals surface area contributed by atoms with Crippen LogP contribution in [0.3, 0.4) is 0 Å². The van der Waals surface area contributed by atoms with Crippen molar-refractivity contribution in [2.24, 2.45) is 4.99 Å². The molecule has 1 aromatic rings. The van der Waals surface area contributed by atoms with Crippen LogP contribution < -0.4 is 0 Å². The lowest BCUT2D eigenvalue weighted by molar-refractivity contribution is -0.384. The molecule has 0 atom stereocenters. The van der Waals surface area contributed by atoms with Crippen molar-refractivity contribution in [3.8, 4) is 0 Å². The molecule has 1 fully saturated rings. The SMILES string of the molecule is CN1CCN(C)C1=Nc1ccc([N+](=O)[O-])cc1. The van der Waals surface area contributed by atoms with E-state index < -0.39 is 4.92 Å². The van der Waals surface area contributed by atoms with E-state index in [4.69, 9.17) is 0 Å². The summed E-state index contributed by atoms with van der Waals surface area (Å²) in [5.41, 5.74) is 0.813. The summed E-state index contributed by atoms with van der Waals surface area (Å²) in [5, 5.41) is 10.5. The van der Waals surface area contributed by atoms with Crippen molar-refractivity contribution in [1.82, 2.24) is 9.80 Å². The summed E-state index contributed by atoms with van der Waals surface area (Å²) in [6.45, 7) is 1.89. The Morgan fingerprint density at radius 1 is 1.18 bits per heavy atom. The first-order chi connectivity index (χ1) is 8.08. The van der Waals surface area contributed by atoms with Crippen LogP contribution in [0.2, 0.25) is 0 Å². The minimum atomic E-state index is -0.412. The van der Waals surface area contributed by atoms with Crippen LogP contribution in [0.5, 0.6) is 0 Å². The highest BCUT2D eigenvalue weighted by atomic mass is 16.6. The van der Waals surface area contributed by atoms with Gasteiger partial charge in [-0.2, -0.15) is 0 Å². The summed E-state index contributed by atoms with van der Waals surface area (Å²) in [6.07, 6.45) is 0. The number of non-ortho nitro benzene ring substituents is 1. The molecule has 1 heterocycles. The standard InChI is InChI=1S/C11H14N4O2/c1-13-7-8-14(2)11(13)12-9-3-5-10(6-4-9)15(16)17/h3-6H,7-8H2,1-2H3. The fourth-order valence-corrected chi connectivity index (χ4v) is 1.73. The Kier molecular flexibility index (Phi) is 2.95. The fraction of sp³-hybridized carbons (Fsp3) is 0.364. The van der Waals surface area contributed by atoms with Gasteiger partial charge in [-0.05, 0) is 12.1 Å². The lowest BCUT2D eigenvalue weighted by atomic mass is 10.3. The van der Waals surface area contributed by atoms with E-state index in [9.17, 15) is 10.1 Å². The van der Waals surface area contributed by atoms with Gasteiger partial charge in [-0.15, -0.1) is 0 Å². The number of guanidine groups is 1. The second-order valence-electron chi connectivity index (χ2n) is 4.03. The first-order valence-electron chi connectivity index (χ1n) is 5.33. The third-order valence-corrected chi connectivity index (χ3v) is 2.74. The average Bonchev–Trinajstić information content (AvgIpc) is 2.61. The zero-order valence-corrected chi connectivity index (χ0v) is 9.83. The van der Waals surface area contributed by atoms with Crippen LogP contribution in [0.15, 0.2) is 29.3 Å². The maximum atomic E-state index is 10.5. The van der Waals surface area contributed by atoms with Crippen LogP contribution in [0.4, 0.5) is 11.4 Å². The second-order valence-corrected chi connectivity index (χ2v) is 4.03. The van der Waals surface area contributed by atoms with E-state index in [0.29, 0.717) is 0 Å². The molecule has 0 amide bonds. The smallest absolute Gasteiger partial charge is 0.269 e. The Bertz CT molecular complexity index is 443. The zero-order valence-electron chi connectivity index (χ0n) is 9.83. The highest BCUT2D eigenvalue weighted by Gasteiger charge is 2.19. The molecular weight excluding hydrogens is 220 g/mol. The molecule has 0 radical (unpaired) electrons. The lowest BCUT2D eigenvalue weighted by Crippen LogP contribution is -2.27. The number of nitro groups is 1. The number of likely N-dealkylation sites (N-methyl/N-ethyl adjacent to an activating group) is 2. The maximum absolute atomic E-state index is 10.5. The van der Waals surface area contributed by atoms with E-state index in [2.05, 4.69) is 14.8 Å². The summed E-state index contributed by atoms with van der Waals surface area (Å²) < 4.78 is 0. The summed E-state index contributed by atoms with van der Waals surface area (Å²) >= 11 is 0. The van der Waals surface area contributed by atoms with E-state index in [1.54, 1.807) is 12.1 Å². The summed E-state index contributed by atoms with van der Waals surface area (Å²) in [7, 11) is 3.96. The molecule has 6 heteroatoms. The van der Waals surface area contributed by atoms with Crippen molar-refractivity contribution in [2.75, 3.05) is 27.2 Å². The third kappa shape index (κ3) is 2.35. The van der Waals surface area contributed by atoms with Crippen molar-refractivity contribution in [3.63, 3.8) is 0 Å². The lowest BCUT2D eigenvalue weighted by Gasteiger charge is -2.15. The predicted octanol–water partition coefficient (Wildman–Crippen LogP) is 1.46. The Morgan fingerprint density at radius 3 is 2.18 bits per heavy atom. The van der Waals surface area contributed by atoms with Crippen molar-refractivity contribution in [1.29, 1.82) is 0 Å². The minimum absolute atomic E-state index is 0.0853. The fourth-order valence-electron chi connectivity index (χ4n) is 1.73. The highest BCUT2D eigenvalue weighted by molar-refractivity contribution is 5.84. The number of nitro benzene ring substituents is 1. The van der Waals surface area contributed by atoms with Crippen molar-refractivity contribution < 1.29 is 4.92 Å². The van der Waals surface area contributed by atoms with Gasteiger partial charge in [-0.3, -0.25) is 10.1 Å². The highest BCUT2D eigenvalue weighted by Crippen LogP contribution is 2.19. The van der Waals surface area contributed by atoms with Crippen LogP contribution in [-0.2, 0) is 0 Å². The van der Waals surface area contributed by atoms with Crippen molar-refractivity contribution in [2.45, 2.75) is 0 Å². The van der Waals surface area contributed by atoms with E-state index in [-0.39, 0.29) is 5.69 Å². The summed E-state index contributed by atoms with van der Waals surface area (Å²) in [5.74, 6) is 0.888. The Labute approximate surface area is 99.3 Å². The normalized spacial score (nSPS) is 15.3. The molecule has 0 aromatic heterocycles. The van der Waals surface area contributed by atoms with Crippen LogP contribution in [0, 0.1) is 10.1 Å². The largest absolute Gasteiger partial charge is 0.344 e. The number of rotatable bonds is 2. The van der Waals surface area contributed by atoms with E-state index in [1.807, 2.05) is 14.1 Å². The first kappa shape index (κ1) is 11.4. The van der Waals surface area contributed by atoms with Crippen molar-refractivity contribution in [3.05, 3.63) is 34.4 Å². The van der Waals surface area contributed by atoms with E-state index in [0.717, 1.165) is 24.7 Å². The number of nitrogens with zero attached hydrogens (tertiary/aromatic N) is 4. The van der Waals surface area contributed by atoms with Gasteiger partial charge in [-0.1, -0.05) is 0 Å². The molecule has 90 valence electrons. The molecule has 0 bridgehead atoms. The monoisotopic (exact) mass is 234 g/mol. The summed E-state index contributed by atoms with van der Waals surface area (Å²) in [6, 6.07) is 6.25. The topological polar surface area (TPSA) is 62.0 Å². The number of hydrogen-bond acceptors (Lipinski definition) is 3. The van der Waals surface area contributed by atoms with E-state index in [1.165, 1.54) is 12.1 Å². The molecule has 6 nitrogen and oxygen atoms in total. The first-order valence-corrected chi connectivity index (χ1v) is 5.33. The Morgan fingerprint density at radius 2 is 1.71 bits per heavy atom. The second kappa shape index (κ2) is 4.40. The van der Waals surface area contributed by atoms with Crippen LogP contribution >= 0.6 is 0 Å². The van der Waals surface area contributed by atoms with Gasteiger partial charge < -0.3 is 9.80 Å². The molecule has 1 aliphatic rings. The summed E-state index contributed by atoms with van der Waals surface area (Å²) in [4.78, 5) is 18.7. The molecule has 0 spiro atoms. The van der Waals surface area contributed by atoms with Gasteiger partial charge in [0.2, 0.25) is 5.96 Å². The van der Waals surface area contributed by atoms with Gasteiger partial charge in [0, 0.05) is 39.3 Å². The molecule has 1 aromatic carbocycles. The molecule has 0 saturated carbocycles. The van der Waals surface area contributed by atoms with Gasteiger partial charge in [-0.25, -0.2) is 4.99 Å². The van der Waals surface area contributed by atoms with Gasteiger partial charge >= 0.3 is 0 Å². The molecule has 17 heavy (non-hydrogen) atoms. The van der Waals surface area contributed by atoms with Crippen LogP contribution in [-0.4, -0.2) is 47.9 Å². The van der Waals surface area contributed by atoms with Crippen LogP contribution in [0.1, 0.15) is 0 Å². The molecule has 2 rings (SSSR count). The van der Waals surface area contributed by atoms with Crippen LogP contribution in [0.25, 0.3) is 0 Å². The molecule has 1 aliphatic heterocycles. The molecular formula is C11H14N4O2. The third-order valence-electron chi connectivity index (χ3n) is 2.74. The number of aliphatic imine (C=N–C) groups is 1. The molecule has 0 aliphatic carbocycles. The van der Waals surface area contributed by atoms with Gasteiger partial charge in [0.15, 0.2) is 0 Å². The van der Waals surface area contributed by atoms with Gasteiger partial charge in [0.05, 0.1) is 10.6 Å². The average molecular weight is 234 g/mol. The maximum Gasteiger partial charge on any atom is 0.269 e. The van der Waals surface area contributed by atoms with E-state index >= 15 is 0 Å². The quantitative estimate of drug-likeness (QED) is 0.574. The molecule has 0 unspecified atom stereocenters. The Hall–Kier alpha value is -2.11. The molecule has 0 N–H and O–H groups in total. The zero-order chi connectivity index (χ0) is 12.4. The van der Waals surface area contributed by atoms with Crippen molar-refractivity contribution >= 4 is 17.3 Å². The van der Waals surface area contributed by atoms with Gasteiger partial charge in [0.25, 0.3) is 5.69 Å². The minimum Gasteiger partial charge on any atom is -0.344 e. The van der Waals surface area contributed by atoms with Gasteiger partial charge in [0.1, 0.15) is 0 Å². The predicted molar refractivity (Wildman–Crippen MR) is 65.5 cm³/mol.